The van der Waals surface area contributed by atoms with E-state index in [1.165, 1.54) is 75.7 Å². The largest absolute Gasteiger partial charge is 0.295 e. The summed E-state index contributed by atoms with van der Waals surface area (Å²) in [4.78, 5) is 0. The van der Waals surface area contributed by atoms with Crippen LogP contribution >= 0.6 is 11.3 Å². The second-order valence-corrected chi connectivity index (χ2v) is 12.8. The molecule has 7 aromatic rings. The first kappa shape index (κ1) is 25.0. The third-order valence-electron chi connectivity index (χ3n) is 8.49. The van der Waals surface area contributed by atoms with Crippen LogP contribution in [-0.2, 0) is 7.05 Å². The lowest BCUT2D eigenvalue weighted by molar-refractivity contribution is -0.633. The Morgan fingerprint density at radius 2 is 1.40 bits per heavy atom. The minimum absolute atomic E-state index is 0.363. The number of rotatable bonds is 4. The lowest BCUT2D eigenvalue weighted by Gasteiger charge is -2.21. The second-order valence-electron chi connectivity index (χ2n) is 11.7. The summed E-state index contributed by atoms with van der Waals surface area (Å²) in [5, 5.41) is 5.35. The Morgan fingerprint density at radius 3 is 2.17 bits per heavy atom. The molecule has 0 atom stereocenters. The lowest BCUT2D eigenvalue weighted by atomic mass is 9.87. The Morgan fingerprint density at radius 1 is 0.700 bits per heavy atom. The summed E-state index contributed by atoms with van der Waals surface area (Å²) >= 11 is 1.89. The monoisotopic (exact) mass is 539 g/mol. The molecule has 0 saturated carbocycles. The van der Waals surface area contributed by atoms with Crippen LogP contribution in [0.2, 0.25) is 0 Å². The fourth-order valence-electron chi connectivity index (χ4n) is 6.62. The minimum Gasteiger partial charge on any atom is -0.225 e. The van der Waals surface area contributed by atoms with Gasteiger partial charge in [-0.2, -0.15) is 4.57 Å². The molecule has 0 aliphatic rings. The van der Waals surface area contributed by atoms with Crippen LogP contribution in [0.1, 0.15) is 56.2 Å². The van der Waals surface area contributed by atoms with Gasteiger partial charge in [0.05, 0.1) is 12.6 Å². The molecule has 2 heterocycles. The van der Waals surface area contributed by atoms with E-state index in [2.05, 4.69) is 142 Å². The molecule has 0 bridgehead atoms. The molecule has 40 heavy (non-hydrogen) atoms. The van der Waals surface area contributed by atoms with Crippen LogP contribution in [0.5, 0.6) is 0 Å². The molecule has 0 amide bonds. The maximum absolute atomic E-state index is 2.58. The van der Waals surface area contributed by atoms with Crippen LogP contribution in [0.25, 0.3) is 59.1 Å². The number of thiophene rings is 1. The number of para-hydroxylation sites is 2. The summed E-state index contributed by atoms with van der Waals surface area (Å²) in [5.41, 5.74) is 9.22. The van der Waals surface area contributed by atoms with E-state index >= 15 is 0 Å². The third-order valence-corrected chi connectivity index (χ3v) is 9.63. The zero-order valence-electron chi connectivity index (χ0n) is 24.1. The standard InChI is InChI=1S/C37H35N2S/c1-22(2)28-20-25-13-7-8-14-26(25)35(23(3)4)36(28)39-32-17-11-10-16-31(32)38(6)37(39)29-21-30-27-15-9-12-18-33(27)40-34(30)19-24(29)5/h7-23H,1-6H3/q+1. The minimum atomic E-state index is 0.363. The SMILES string of the molecule is Cc1cc2sc3ccccc3c2cc1-c1n(-c2c(C(C)C)cc3ccccc3c2C(C)C)c2ccccc2[n+]1C. The van der Waals surface area contributed by atoms with Gasteiger partial charge in [-0.05, 0) is 71.5 Å². The molecule has 0 aliphatic heterocycles. The molecule has 0 aliphatic carbocycles. The first-order valence-corrected chi connectivity index (χ1v) is 15.1. The van der Waals surface area contributed by atoms with Crippen LogP contribution in [0.4, 0.5) is 0 Å². The smallest absolute Gasteiger partial charge is 0.225 e. The first-order valence-electron chi connectivity index (χ1n) is 14.3. The van der Waals surface area contributed by atoms with Gasteiger partial charge in [0.15, 0.2) is 11.0 Å². The molecule has 0 radical (unpaired) electrons. The summed E-state index contributed by atoms with van der Waals surface area (Å²) < 4.78 is 7.68. The first-order chi connectivity index (χ1) is 19.3. The Labute approximate surface area is 240 Å². The zero-order valence-corrected chi connectivity index (χ0v) is 24.9. The molecule has 198 valence electrons. The van der Waals surface area contributed by atoms with E-state index in [1.54, 1.807) is 0 Å². The molecule has 2 aromatic heterocycles. The van der Waals surface area contributed by atoms with Gasteiger partial charge in [-0.3, -0.25) is 0 Å². The Balaban J connectivity index is 1.68. The van der Waals surface area contributed by atoms with E-state index in [0.717, 1.165) is 0 Å². The van der Waals surface area contributed by atoms with Crippen molar-refractivity contribution < 1.29 is 4.57 Å². The van der Waals surface area contributed by atoms with Crippen LogP contribution in [0.3, 0.4) is 0 Å². The molecule has 0 fully saturated rings. The molecular weight excluding hydrogens is 504 g/mol. The van der Waals surface area contributed by atoms with Crippen LogP contribution in [0, 0.1) is 6.92 Å². The van der Waals surface area contributed by atoms with Crippen molar-refractivity contribution in [2.45, 2.75) is 46.5 Å². The normalized spacial score (nSPS) is 12.2. The van der Waals surface area contributed by atoms with E-state index in [1.807, 2.05) is 11.3 Å². The zero-order chi connectivity index (χ0) is 27.7. The van der Waals surface area contributed by atoms with E-state index in [9.17, 15) is 0 Å². The molecule has 0 N–H and O–H groups in total. The van der Waals surface area contributed by atoms with Gasteiger partial charge in [-0.25, -0.2) is 4.57 Å². The van der Waals surface area contributed by atoms with E-state index < -0.39 is 0 Å². The molecule has 5 aromatic carbocycles. The van der Waals surface area contributed by atoms with Crippen molar-refractivity contribution in [3.63, 3.8) is 0 Å². The van der Waals surface area contributed by atoms with Crippen LogP contribution < -0.4 is 4.57 Å². The van der Waals surface area contributed by atoms with E-state index in [4.69, 9.17) is 0 Å². The third kappa shape index (κ3) is 3.64. The van der Waals surface area contributed by atoms with Gasteiger partial charge in [-0.15, -0.1) is 11.3 Å². The second kappa shape index (κ2) is 9.31. The average molecular weight is 540 g/mol. The van der Waals surface area contributed by atoms with Crippen molar-refractivity contribution in [2.24, 2.45) is 7.05 Å². The Kier molecular flexibility index (Phi) is 5.83. The van der Waals surface area contributed by atoms with Gasteiger partial charge >= 0.3 is 0 Å². The van der Waals surface area contributed by atoms with Gasteiger partial charge in [0.1, 0.15) is 5.69 Å². The van der Waals surface area contributed by atoms with E-state index in [0.29, 0.717) is 11.8 Å². The summed E-state index contributed by atoms with van der Waals surface area (Å²) in [6, 6.07) is 33.9. The average Bonchev–Trinajstić information content (AvgIpc) is 3.45. The van der Waals surface area contributed by atoms with Crippen molar-refractivity contribution in [3.8, 4) is 17.1 Å². The maximum Gasteiger partial charge on any atom is 0.295 e. The number of fused-ring (bicyclic) bond motifs is 5. The fraction of sp³-hybridized carbons (Fsp3) is 0.216. The molecule has 2 nitrogen and oxygen atoms in total. The topological polar surface area (TPSA) is 8.81 Å². The van der Waals surface area contributed by atoms with Crippen LogP contribution in [-0.4, -0.2) is 4.57 Å². The molecule has 3 heteroatoms. The van der Waals surface area contributed by atoms with E-state index in [-0.39, 0.29) is 0 Å². The molecule has 0 spiro atoms. The number of hydrogen-bond acceptors (Lipinski definition) is 1. The highest BCUT2D eigenvalue weighted by molar-refractivity contribution is 7.25. The van der Waals surface area contributed by atoms with Crippen molar-refractivity contribution in [1.82, 2.24) is 4.57 Å². The summed E-state index contributed by atoms with van der Waals surface area (Å²) in [6.45, 7) is 11.6. The highest BCUT2D eigenvalue weighted by Gasteiger charge is 2.32. The van der Waals surface area contributed by atoms with Gasteiger partial charge in [0.2, 0.25) is 0 Å². The van der Waals surface area contributed by atoms with Crippen LogP contribution in [0.15, 0.2) is 91.0 Å². The molecule has 7 rings (SSSR count). The molecule has 0 unspecified atom stereocenters. The Bertz CT molecular complexity index is 2090. The van der Waals surface area contributed by atoms with Crippen molar-refractivity contribution in [3.05, 3.63) is 108 Å². The number of aryl methyl sites for hydroxylation is 2. The molecular formula is C37H35N2S+. The quantitative estimate of drug-likeness (QED) is 0.197. The summed E-state index contributed by atoms with van der Waals surface area (Å²) in [5.74, 6) is 1.97. The maximum atomic E-state index is 2.58. The molecule has 0 saturated heterocycles. The van der Waals surface area contributed by atoms with Gasteiger partial charge in [-0.1, -0.05) is 82.3 Å². The highest BCUT2D eigenvalue weighted by atomic mass is 32.1. The summed E-state index contributed by atoms with van der Waals surface area (Å²) in [6.07, 6.45) is 0. The number of hydrogen-bond donors (Lipinski definition) is 0. The van der Waals surface area contributed by atoms with Gasteiger partial charge in [0, 0.05) is 31.3 Å². The number of aromatic nitrogens is 2. The predicted molar refractivity (Wildman–Crippen MR) is 173 cm³/mol. The highest BCUT2D eigenvalue weighted by Crippen LogP contribution is 2.43. The van der Waals surface area contributed by atoms with Crippen molar-refractivity contribution >= 4 is 53.3 Å². The van der Waals surface area contributed by atoms with Gasteiger partial charge < -0.3 is 0 Å². The number of nitrogens with zero attached hydrogens (tertiary/aromatic N) is 2. The van der Waals surface area contributed by atoms with Crippen molar-refractivity contribution in [2.75, 3.05) is 0 Å². The predicted octanol–water partition coefficient (Wildman–Crippen LogP) is 10.2. The Hall–Kier alpha value is -3.95. The van der Waals surface area contributed by atoms with Crippen molar-refractivity contribution in [1.29, 1.82) is 0 Å². The number of benzene rings is 5. The summed E-state index contributed by atoms with van der Waals surface area (Å²) in [7, 11) is 2.23. The lowest BCUT2D eigenvalue weighted by Crippen LogP contribution is -2.30. The number of imidazole rings is 1. The fourth-order valence-corrected chi connectivity index (χ4v) is 7.80. The van der Waals surface area contributed by atoms with Gasteiger partial charge in [0.25, 0.3) is 5.82 Å².